The summed E-state index contributed by atoms with van der Waals surface area (Å²) in [7, 11) is 4.53. The zero-order valence-corrected chi connectivity index (χ0v) is 21.6. The summed E-state index contributed by atoms with van der Waals surface area (Å²) in [4.78, 5) is 13.2. The second-order valence-corrected chi connectivity index (χ2v) is 8.32. The Morgan fingerprint density at radius 1 is 0.879 bits per heavy atom. The van der Waals surface area contributed by atoms with Crippen molar-refractivity contribution >= 4 is 31.0 Å². The molecule has 0 heterocycles. The Morgan fingerprint density at radius 2 is 1.39 bits per heavy atom. The largest absolute Gasteiger partial charge is 1.00 e. The molecule has 2 rings (SSSR count). The predicted octanol–water partition coefficient (Wildman–Crippen LogP) is 0.985. The Morgan fingerprint density at radius 3 is 1.88 bits per heavy atom. The zero-order valence-electron chi connectivity index (χ0n) is 20.9. The van der Waals surface area contributed by atoms with E-state index in [-0.39, 0.29) is 34.4 Å². The summed E-state index contributed by atoms with van der Waals surface area (Å²) in [5, 5.41) is 1.06. The van der Waals surface area contributed by atoms with Gasteiger partial charge in [0.25, 0.3) is 0 Å². The first-order chi connectivity index (χ1) is 15.5. The van der Waals surface area contributed by atoms with Crippen LogP contribution in [0.4, 0.5) is 0 Å². The van der Waals surface area contributed by atoms with Crippen LogP contribution >= 0.6 is 20.2 Å². The average molecular weight is 493 g/mol. The van der Waals surface area contributed by atoms with E-state index in [9.17, 15) is 4.79 Å². The van der Waals surface area contributed by atoms with Gasteiger partial charge in [0.15, 0.2) is 5.52 Å². The molecule has 0 aliphatic heterocycles. The number of rotatable bonds is 15. The molecule has 0 spiro atoms. The molecule has 1 atom stereocenters. The third kappa shape index (κ3) is 9.47. The van der Waals surface area contributed by atoms with Gasteiger partial charge in [-0.1, -0.05) is 23.7 Å². The Bertz CT molecular complexity index is 837. The van der Waals surface area contributed by atoms with Crippen LogP contribution in [0.3, 0.4) is 0 Å². The number of methoxy groups -OCH3 is 3. The van der Waals surface area contributed by atoms with Crippen molar-refractivity contribution in [2.45, 2.75) is 6.92 Å². The smallest absolute Gasteiger partial charge is 1.00 e. The van der Waals surface area contributed by atoms with Crippen molar-refractivity contribution in [3.63, 3.8) is 0 Å². The van der Waals surface area contributed by atoms with E-state index in [1.165, 1.54) is 0 Å². The van der Waals surface area contributed by atoms with Crippen LogP contribution < -0.4 is 38.4 Å². The fourth-order valence-corrected chi connectivity index (χ4v) is 4.41. The maximum atomic E-state index is 13.2. The quantitative estimate of drug-likeness (QED) is 0.208. The Balaban J connectivity index is 0.00000544. The van der Waals surface area contributed by atoms with Gasteiger partial charge in [0.2, 0.25) is 0 Å². The molecule has 0 radical (unpaired) electrons. The maximum Gasteiger partial charge on any atom is 1.00 e. The van der Waals surface area contributed by atoms with Gasteiger partial charge in [-0.05, 0) is 27.1 Å². The first-order valence-electron chi connectivity index (χ1n) is 10.1. The summed E-state index contributed by atoms with van der Waals surface area (Å²) in [6.07, 6.45) is 0. The van der Waals surface area contributed by atoms with Crippen molar-refractivity contribution in [2.75, 3.05) is 61.0 Å². The van der Waals surface area contributed by atoms with E-state index in [1.807, 2.05) is 19.1 Å². The molecule has 0 aliphatic carbocycles. The molecule has 0 bridgehead atoms. The minimum absolute atomic E-state index is 0. The van der Waals surface area contributed by atoms with E-state index in [4.69, 9.17) is 40.0 Å². The van der Waals surface area contributed by atoms with Crippen LogP contribution in [0.25, 0.3) is 0 Å². The summed E-state index contributed by atoms with van der Waals surface area (Å²) in [5.74, 6) is 1.55. The monoisotopic (exact) mass is 492 g/mol. The van der Waals surface area contributed by atoms with Gasteiger partial charge in [0.05, 0.1) is 30.1 Å². The molecule has 10 heteroatoms. The van der Waals surface area contributed by atoms with Crippen LogP contribution in [0.5, 0.6) is 17.2 Å². The van der Waals surface area contributed by atoms with E-state index in [0.29, 0.717) is 72.8 Å². The van der Waals surface area contributed by atoms with Crippen molar-refractivity contribution in [3.05, 3.63) is 46.5 Å². The molecule has 0 aromatic heterocycles. The molecule has 0 fully saturated rings. The van der Waals surface area contributed by atoms with Crippen LogP contribution in [0, 0.1) is 6.92 Å². The van der Waals surface area contributed by atoms with E-state index >= 15 is 0 Å². The first kappa shape index (κ1) is 29.7. The number of benzene rings is 2. The van der Waals surface area contributed by atoms with Gasteiger partial charge < -0.3 is 29.8 Å². The number of aryl methyl sites for hydroxylation is 1. The van der Waals surface area contributed by atoms with Gasteiger partial charge in [-0.15, -0.1) is 0 Å². The number of carbonyl (C=O) groups is 1. The number of carbonyl (C=O) groups excluding carboxylic acids is 1. The molecule has 178 valence electrons. The van der Waals surface area contributed by atoms with Crippen LogP contribution in [0.1, 0.15) is 17.3 Å². The summed E-state index contributed by atoms with van der Waals surface area (Å²) in [5.41, 5.74) is 1.21. The van der Waals surface area contributed by atoms with Crippen molar-refractivity contribution in [3.8, 4) is 17.2 Å². The maximum absolute atomic E-state index is 13.2. The third-order valence-corrected chi connectivity index (χ3v) is 5.91. The second kappa shape index (κ2) is 16.4. The number of ether oxygens (including phenoxy) is 6. The molecule has 2 aromatic rings. The van der Waals surface area contributed by atoms with Crippen molar-refractivity contribution in [2.24, 2.45) is 0 Å². The zero-order chi connectivity index (χ0) is 23.3. The molecule has 0 saturated carbocycles. The topological polar surface area (TPSA) is 72.5 Å². The molecule has 0 aliphatic rings. The molecule has 1 unspecified atom stereocenters. The summed E-state index contributed by atoms with van der Waals surface area (Å²) in [6, 6.07) is 8.91. The predicted molar refractivity (Wildman–Crippen MR) is 128 cm³/mol. The molecule has 2 aromatic carbocycles. The summed E-state index contributed by atoms with van der Waals surface area (Å²) in [6.45, 7) is 4.09. The SMILES string of the molecule is COCCOc1cc(OCCOC)c(PC(=O)c2c(C)cccc2Cl)c(OCCOC)c1.[H-].[Li+]. The molecular weight excluding hydrogens is 462 g/mol. The minimum atomic E-state index is -0.267. The van der Waals surface area contributed by atoms with E-state index in [1.54, 1.807) is 39.5 Å². The van der Waals surface area contributed by atoms with Gasteiger partial charge in [-0.25, -0.2) is 0 Å². The van der Waals surface area contributed by atoms with Gasteiger partial charge in [0, 0.05) is 39.0 Å². The van der Waals surface area contributed by atoms with Crippen LogP contribution in [0.2, 0.25) is 5.02 Å². The van der Waals surface area contributed by atoms with Crippen LogP contribution in [0.15, 0.2) is 30.3 Å². The second-order valence-electron chi connectivity index (χ2n) is 6.70. The standard InChI is InChI=1S/C23H30ClO7P.Li.H/c1-16-6-5-7-18(24)21(16)23(25)32-22-19(30-12-9-27-3)14-17(29-11-8-26-2)15-20(22)31-13-10-28-4;;/h5-7,14-15,32H,8-13H2,1-4H3;;/q;+1;-1. The van der Waals surface area contributed by atoms with Crippen molar-refractivity contribution in [1.82, 2.24) is 0 Å². The van der Waals surface area contributed by atoms with Crippen LogP contribution in [-0.2, 0) is 14.2 Å². The molecule has 7 nitrogen and oxygen atoms in total. The molecule has 33 heavy (non-hydrogen) atoms. The minimum Gasteiger partial charge on any atom is -1.00 e. The van der Waals surface area contributed by atoms with Crippen molar-refractivity contribution < 1.29 is 53.5 Å². The first-order valence-corrected chi connectivity index (χ1v) is 11.5. The van der Waals surface area contributed by atoms with E-state index in [2.05, 4.69) is 0 Å². The summed E-state index contributed by atoms with van der Waals surface area (Å²) < 4.78 is 32.9. The van der Waals surface area contributed by atoms with Gasteiger partial charge >= 0.3 is 18.9 Å². The van der Waals surface area contributed by atoms with Crippen molar-refractivity contribution in [1.29, 1.82) is 0 Å². The Kier molecular flexibility index (Phi) is 14.7. The average Bonchev–Trinajstić information content (AvgIpc) is 2.76. The molecule has 0 N–H and O–H groups in total. The third-order valence-electron chi connectivity index (χ3n) is 4.37. The van der Waals surface area contributed by atoms with Gasteiger partial charge in [-0.3, -0.25) is 4.79 Å². The fourth-order valence-electron chi connectivity index (χ4n) is 2.81. The van der Waals surface area contributed by atoms with Crippen LogP contribution in [-0.4, -0.2) is 66.5 Å². The van der Waals surface area contributed by atoms with E-state index < -0.39 is 0 Å². The summed E-state index contributed by atoms with van der Waals surface area (Å²) >= 11 is 6.33. The normalized spacial score (nSPS) is 10.8. The number of halogens is 1. The molecular formula is C23H31ClLiO7P. The number of hydrogen-bond acceptors (Lipinski definition) is 7. The van der Waals surface area contributed by atoms with Gasteiger partial charge in [-0.2, -0.15) is 0 Å². The fraction of sp³-hybridized carbons (Fsp3) is 0.435. The Hall–Kier alpha value is -1.29. The molecule has 0 saturated heterocycles. The number of hydrogen-bond donors (Lipinski definition) is 0. The van der Waals surface area contributed by atoms with E-state index in [0.717, 1.165) is 5.56 Å². The van der Waals surface area contributed by atoms with Gasteiger partial charge in [0.1, 0.15) is 37.1 Å². The Labute approximate surface area is 215 Å². The molecule has 0 amide bonds.